The van der Waals surface area contributed by atoms with Crippen LogP contribution in [0, 0.1) is 0 Å². The normalized spacial score (nSPS) is 11.8. The summed E-state index contributed by atoms with van der Waals surface area (Å²) in [6, 6.07) is 2.09. The molecule has 96 valence electrons. The van der Waals surface area contributed by atoms with Gasteiger partial charge in [-0.25, -0.2) is 9.50 Å². The molecule has 0 saturated carbocycles. The highest BCUT2D eigenvalue weighted by Crippen LogP contribution is 2.24. The number of rotatable bonds is 3. The van der Waals surface area contributed by atoms with Crippen LogP contribution in [0.25, 0.3) is 5.52 Å². The molecule has 0 unspecified atom stereocenters. The lowest BCUT2D eigenvalue weighted by Gasteiger charge is -2.13. The number of anilines is 1. The highest BCUT2D eigenvalue weighted by Gasteiger charge is 2.18. The zero-order chi connectivity index (χ0) is 13.3. The van der Waals surface area contributed by atoms with Crippen LogP contribution >= 0.6 is 0 Å². The van der Waals surface area contributed by atoms with Crippen LogP contribution in [0.5, 0.6) is 0 Å². The zero-order valence-electron chi connectivity index (χ0n) is 11.5. The van der Waals surface area contributed by atoms with E-state index in [4.69, 9.17) is 0 Å². The maximum absolute atomic E-state index is 4.59. The van der Waals surface area contributed by atoms with Crippen LogP contribution in [-0.4, -0.2) is 21.1 Å². The van der Waals surface area contributed by atoms with Gasteiger partial charge in [0.15, 0.2) is 5.82 Å². The molecule has 0 aromatic carbocycles. The third-order valence-electron chi connectivity index (χ3n) is 2.72. The molecular weight excluding hydrogens is 224 g/mol. The van der Waals surface area contributed by atoms with Crippen molar-refractivity contribution in [1.82, 2.24) is 14.6 Å². The zero-order valence-corrected chi connectivity index (χ0v) is 11.5. The molecule has 2 heterocycles. The quantitative estimate of drug-likeness (QED) is 0.844. The summed E-state index contributed by atoms with van der Waals surface area (Å²) in [5, 5.41) is 7.87. The van der Waals surface area contributed by atoms with Crippen LogP contribution < -0.4 is 5.32 Å². The predicted octanol–water partition coefficient (Wildman–Crippen LogP) is 3.01. The van der Waals surface area contributed by atoms with Crippen LogP contribution in [0.3, 0.4) is 0 Å². The Balaban J connectivity index is 2.42. The standard InChI is InChI=1S/C14H20N4/c1-10(2)9-16-13-11-8-12(14(3,4)5)17-18(11)7-6-15-13/h6-8H,1,9H2,2-5H3,(H,15,16). The number of nitrogens with zero attached hydrogens (tertiary/aromatic N) is 3. The first-order chi connectivity index (χ1) is 8.38. The van der Waals surface area contributed by atoms with Crippen LogP contribution in [-0.2, 0) is 5.41 Å². The van der Waals surface area contributed by atoms with Gasteiger partial charge in [-0.05, 0) is 13.0 Å². The molecule has 0 atom stereocenters. The van der Waals surface area contributed by atoms with Crippen molar-refractivity contribution in [2.75, 3.05) is 11.9 Å². The molecule has 0 fully saturated rings. The number of aromatic nitrogens is 3. The van der Waals surface area contributed by atoms with E-state index in [0.29, 0.717) is 0 Å². The molecule has 0 radical (unpaired) electrons. The SMILES string of the molecule is C=C(C)CNc1nccn2nc(C(C)(C)C)cc12. The van der Waals surface area contributed by atoms with Crippen molar-refractivity contribution in [2.24, 2.45) is 0 Å². The van der Waals surface area contributed by atoms with Crippen molar-refractivity contribution >= 4 is 11.3 Å². The Morgan fingerprint density at radius 2 is 2.17 bits per heavy atom. The first-order valence-corrected chi connectivity index (χ1v) is 6.11. The fraction of sp³-hybridized carbons (Fsp3) is 0.429. The van der Waals surface area contributed by atoms with Crippen molar-refractivity contribution in [3.63, 3.8) is 0 Å². The van der Waals surface area contributed by atoms with E-state index in [1.54, 1.807) is 6.20 Å². The summed E-state index contributed by atoms with van der Waals surface area (Å²) in [5.41, 5.74) is 3.18. The van der Waals surface area contributed by atoms with E-state index in [1.165, 1.54) is 0 Å². The van der Waals surface area contributed by atoms with Gasteiger partial charge >= 0.3 is 0 Å². The first kappa shape index (κ1) is 12.6. The van der Waals surface area contributed by atoms with Crippen molar-refractivity contribution < 1.29 is 0 Å². The monoisotopic (exact) mass is 244 g/mol. The highest BCUT2D eigenvalue weighted by molar-refractivity contribution is 5.68. The largest absolute Gasteiger partial charge is 0.365 e. The molecule has 2 aromatic rings. The van der Waals surface area contributed by atoms with Crippen molar-refractivity contribution in [3.05, 3.63) is 36.3 Å². The third-order valence-corrected chi connectivity index (χ3v) is 2.72. The lowest BCUT2D eigenvalue weighted by atomic mass is 9.92. The molecule has 0 aliphatic carbocycles. The Hall–Kier alpha value is -1.84. The second kappa shape index (κ2) is 4.44. The average molecular weight is 244 g/mol. The van der Waals surface area contributed by atoms with Crippen molar-refractivity contribution in [3.8, 4) is 0 Å². The molecule has 0 bridgehead atoms. The molecule has 0 amide bonds. The maximum Gasteiger partial charge on any atom is 0.152 e. The molecule has 2 aromatic heterocycles. The van der Waals surface area contributed by atoms with Gasteiger partial charge in [-0.3, -0.25) is 0 Å². The van der Waals surface area contributed by atoms with Crippen molar-refractivity contribution in [1.29, 1.82) is 0 Å². The van der Waals surface area contributed by atoms with E-state index < -0.39 is 0 Å². The van der Waals surface area contributed by atoms with Gasteiger partial charge in [-0.2, -0.15) is 5.10 Å². The summed E-state index contributed by atoms with van der Waals surface area (Å²) in [7, 11) is 0. The molecule has 0 spiro atoms. The van der Waals surface area contributed by atoms with Gasteiger partial charge < -0.3 is 5.32 Å². The van der Waals surface area contributed by atoms with E-state index in [0.717, 1.165) is 29.1 Å². The van der Waals surface area contributed by atoms with Crippen LogP contribution in [0.1, 0.15) is 33.4 Å². The van der Waals surface area contributed by atoms with E-state index in [2.05, 4.69) is 48.8 Å². The third kappa shape index (κ3) is 2.53. The molecule has 4 nitrogen and oxygen atoms in total. The molecule has 4 heteroatoms. The molecule has 0 saturated heterocycles. The summed E-state index contributed by atoms with van der Waals surface area (Å²) in [6.07, 6.45) is 3.63. The van der Waals surface area contributed by atoms with Gasteiger partial charge in [0.25, 0.3) is 0 Å². The minimum Gasteiger partial charge on any atom is -0.365 e. The minimum atomic E-state index is 0.0393. The smallest absolute Gasteiger partial charge is 0.152 e. The Kier molecular flexibility index (Phi) is 3.11. The summed E-state index contributed by atoms with van der Waals surface area (Å²) in [6.45, 7) is 13.1. The average Bonchev–Trinajstić information content (AvgIpc) is 2.69. The Labute approximate surface area is 108 Å². The fourth-order valence-corrected chi connectivity index (χ4v) is 1.66. The Morgan fingerprint density at radius 3 is 2.78 bits per heavy atom. The first-order valence-electron chi connectivity index (χ1n) is 6.11. The van der Waals surface area contributed by atoms with Gasteiger partial charge in [-0.1, -0.05) is 32.9 Å². The maximum atomic E-state index is 4.59. The molecule has 18 heavy (non-hydrogen) atoms. The topological polar surface area (TPSA) is 42.2 Å². The molecule has 0 aliphatic heterocycles. The Morgan fingerprint density at radius 1 is 1.44 bits per heavy atom. The number of hydrogen-bond acceptors (Lipinski definition) is 3. The Bertz CT molecular complexity index is 575. The lowest BCUT2D eigenvalue weighted by molar-refractivity contribution is 0.562. The second-order valence-corrected chi connectivity index (χ2v) is 5.70. The predicted molar refractivity (Wildman–Crippen MR) is 75.0 cm³/mol. The summed E-state index contributed by atoms with van der Waals surface area (Å²) < 4.78 is 1.87. The van der Waals surface area contributed by atoms with Gasteiger partial charge in [0.2, 0.25) is 0 Å². The van der Waals surface area contributed by atoms with E-state index >= 15 is 0 Å². The van der Waals surface area contributed by atoms with Gasteiger partial charge in [0.05, 0.1) is 5.69 Å². The van der Waals surface area contributed by atoms with E-state index in [1.807, 2.05) is 17.6 Å². The van der Waals surface area contributed by atoms with Crippen LogP contribution in [0.15, 0.2) is 30.6 Å². The summed E-state index contributed by atoms with van der Waals surface area (Å²) >= 11 is 0. The summed E-state index contributed by atoms with van der Waals surface area (Å²) in [4.78, 5) is 4.36. The van der Waals surface area contributed by atoms with Gasteiger partial charge in [0, 0.05) is 24.4 Å². The number of hydrogen-bond donors (Lipinski definition) is 1. The second-order valence-electron chi connectivity index (χ2n) is 5.70. The van der Waals surface area contributed by atoms with E-state index in [-0.39, 0.29) is 5.41 Å². The lowest BCUT2D eigenvalue weighted by Crippen LogP contribution is -2.11. The highest BCUT2D eigenvalue weighted by atomic mass is 15.2. The van der Waals surface area contributed by atoms with Gasteiger partial charge in [-0.15, -0.1) is 0 Å². The minimum absolute atomic E-state index is 0.0393. The molecule has 1 N–H and O–H groups in total. The van der Waals surface area contributed by atoms with Crippen molar-refractivity contribution in [2.45, 2.75) is 33.1 Å². The fourth-order valence-electron chi connectivity index (χ4n) is 1.66. The van der Waals surface area contributed by atoms with Crippen LogP contribution in [0.4, 0.5) is 5.82 Å². The molecular formula is C14H20N4. The molecule has 0 aliphatic rings. The summed E-state index contributed by atoms with van der Waals surface area (Å²) in [5.74, 6) is 0.850. The number of fused-ring (bicyclic) bond motifs is 1. The van der Waals surface area contributed by atoms with E-state index in [9.17, 15) is 0 Å². The number of nitrogens with one attached hydrogen (secondary N) is 1. The van der Waals surface area contributed by atoms with Crippen LogP contribution in [0.2, 0.25) is 0 Å². The molecule has 2 rings (SSSR count). The van der Waals surface area contributed by atoms with Gasteiger partial charge in [0.1, 0.15) is 5.52 Å².